The molecule has 28 heavy (non-hydrogen) atoms. The summed E-state index contributed by atoms with van der Waals surface area (Å²) in [6.07, 6.45) is 4.19. The number of ether oxygens (including phenoxy) is 1. The van der Waals surface area contributed by atoms with Crippen molar-refractivity contribution in [1.29, 1.82) is 0 Å². The van der Waals surface area contributed by atoms with Crippen molar-refractivity contribution >= 4 is 11.0 Å². The predicted molar refractivity (Wildman–Crippen MR) is 108 cm³/mol. The van der Waals surface area contributed by atoms with Crippen LogP contribution >= 0.6 is 0 Å². The van der Waals surface area contributed by atoms with Gasteiger partial charge in [-0.15, -0.1) is 0 Å². The zero-order chi connectivity index (χ0) is 19.4. The van der Waals surface area contributed by atoms with Crippen LogP contribution in [0, 0.1) is 20.8 Å². The second-order valence-corrected chi connectivity index (χ2v) is 7.46. The summed E-state index contributed by atoms with van der Waals surface area (Å²) in [5, 5.41) is 4.14. The number of aromatic nitrogens is 4. The highest BCUT2D eigenvalue weighted by molar-refractivity contribution is 6.02. The lowest BCUT2D eigenvalue weighted by Gasteiger charge is -2.16. The van der Waals surface area contributed by atoms with Crippen molar-refractivity contribution in [2.75, 3.05) is 7.11 Å². The molecule has 1 N–H and O–H groups in total. The van der Waals surface area contributed by atoms with Gasteiger partial charge in [-0.05, 0) is 45.7 Å². The summed E-state index contributed by atoms with van der Waals surface area (Å²) >= 11 is 0. The molecular weight excluding hydrogens is 352 g/mol. The second kappa shape index (κ2) is 6.19. The highest BCUT2D eigenvalue weighted by atomic mass is 16.5. The zero-order valence-corrected chi connectivity index (χ0v) is 16.5. The fraction of sp³-hybridized carbons (Fsp3) is 0.318. The predicted octanol–water partition coefficient (Wildman–Crippen LogP) is 5.09. The molecule has 6 nitrogen and oxygen atoms in total. The summed E-state index contributed by atoms with van der Waals surface area (Å²) < 4.78 is 11.4. The lowest BCUT2D eigenvalue weighted by molar-refractivity contribution is 0.393. The monoisotopic (exact) mass is 374 g/mol. The summed E-state index contributed by atoms with van der Waals surface area (Å²) in [6, 6.07) is 6.13. The molecule has 6 heteroatoms. The Morgan fingerprint density at radius 1 is 1.11 bits per heavy atom. The van der Waals surface area contributed by atoms with E-state index in [1.807, 2.05) is 26.8 Å². The number of imidazole rings is 1. The number of hydrogen-bond donors (Lipinski definition) is 1. The Morgan fingerprint density at radius 3 is 2.57 bits per heavy atom. The number of hydrogen-bond acceptors (Lipinski definition) is 5. The van der Waals surface area contributed by atoms with Gasteiger partial charge in [-0.1, -0.05) is 11.2 Å². The number of aromatic amines is 1. The smallest absolute Gasteiger partial charge is 0.141 e. The number of rotatable bonds is 4. The van der Waals surface area contributed by atoms with E-state index >= 15 is 0 Å². The second-order valence-electron chi connectivity index (χ2n) is 7.46. The van der Waals surface area contributed by atoms with Crippen LogP contribution in [-0.2, 0) is 0 Å². The van der Waals surface area contributed by atoms with Gasteiger partial charge in [0, 0.05) is 28.9 Å². The van der Waals surface area contributed by atoms with E-state index in [9.17, 15) is 0 Å². The molecule has 0 saturated heterocycles. The molecule has 142 valence electrons. The van der Waals surface area contributed by atoms with Gasteiger partial charge >= 0.3 is 0 Å². The number of benzene rings is 1. The van der Waals surface area contributed by atoms with Crippen molar-refractivity contribution in [3.63, 3.8) is 0 Å². The van der Waals surface area contributed by atoms with Crippen LogP contribution in [0.5, 0.6) is 5.75 Å². The van der Waals surface area contributed by atoms with Crippen LogP contribution in [0.15, 0.2) is 28.9 Å². The lowest BCUT2D eigenvalue weighted by Crippen LogP contribution is -1.97. The molecule has 1 saturated carbocycles. The molecule has 0 radical (unpaired) electrons. The first kappa shape index (κ1) is 17.0. The molecule has 0 amide bonds. The lowest BCUT2D eigenvalue weighted by atomic mass is 9.94. The molecule has 3 aromatic heterocycles. The maximum absolute atomic E-state index is 5.96. The van der Waals surface area contributed by atoms with Gasteiger partial charge in [0.05, 0.1) is 29.4 Å². The first-order valence-electron chi connectivity index (χ1n) is 9.54. The Bertz CT molecular complexity index is 1180. The molecule has 3 heterocycles. The molecule has 4 aromatic rings. The van der Waals surface area contributed by atoms with E-state index in [-0.39, 0.29) is 0 Å². The minimum Gasteiger partial charge on any atom is -0.495 e. The van der Waals surface area contributed by atoms with E-state index in [1.54, 1.807) is 13.3 Å². The van der Waals surface area contributed by atoms with Crippen LogP contribution in [0.2, 0.25) is 0 Å². The minimum absolute atomic E-state index is 0.531. The van der Waals surface area contributed by atoms with Gasteiger partial charge in [0.25, 0.3) is 0 Å². The SMILES string of the molecule is COc1c(-c2c(C)noc2C)cc2[nH]c(C3CC3)nc2c1-c1cccnc1C. The molecule has 0 aliphatic heterocycles. The van der Waals surface area contributed by atoms with E-state index in [2.05, 4.69) is 27.3 Å². The molecule has 0 spiro atoms. The fourth-order valence-corrected chi connectivity index (χ4v) is 3.97. The third-order valence-electron chi connectivity index (χ3n) is 5.49. The fourth-order valence-electron chi connectivity index (χ4n) is 3.97. The first-order valence-corrected chi connectivity index (χ1v) is 9.54. The van der Waals surface area contributed by atoms with Crippen LogP contribution in [0.25, 0.3) is 33.3 Å². The Morgan fingerprint density at radius 2 is 1.93 bits per heavy atom. The third-order valence-corrected chi connectivity index (χ3v) is 5.49. The van der Waals surface area contributed by atoms with Crippen LogP contribution < -0.4 is 4.74 Å². The molecule has 1 fully saturated rings. The number of aryl methyl sites for hydroxylation is 3. The number of fused-ring (bicyclic) bond motifs is 1. The summed E-state index contributed by atoms with van der Waals surface area (Å²) in [5.41, 5.74) is 7.59. The molecule has 1 aromatic carbocycles. The molecule has 5 rings (SSSR count). The summed E-state index contributed by atoms with van der Waals surface area (Å²) in [5.74, 6) is 3.12. The minimum atomic E-state index is 0.531. The average molecular weight is 374 g/mol. The Kier molecular flexibility index (Phi) is 3.75. The molecular formula is C22H22N4O2. The highest BCUT2D eigenvalue weighted by Crippen LogP contribution is 2.47. The van der Waals surface area contributed by atoms with Crippen LogP contribution in [0.4, 0.5) is 0 Å². The maximum Gasteiger partial charge on any atom is 0.141 e. The Hall–Kier alpha value is -3.15. The number of pyridine rings is 1. The van der Waals surface area contributed by atoms with E-state index < -0.39 is 0 Å². The van der Waals surface area contributed by atoms with Crippen molar-refractivity contribution in [3.8, 4) is 28.0 Å². The van der Waals surface area contributed by atoms with Gasteiger partial charge < -0.3 is 14.2 Å². The third kappa shape index (κ3) is 2.52. The van der Waals surface area contributed by atoms with Crippen molar-refractivity contribution in [3.05, 3.63) is 47.4 Å². The van der Waals surface area contributed by atoms with Crippen molar-refractivity contribution in [1.82, 2.24) is 20.1 Å². The molecule has 1 aliphatic carbocycles. The summed E-state index contributed by atoms with van der Waals surface area (Å²) in [4.78, 5) is 13.0. The Balaban J connectivity index is 1.90. The van der Waals surface area contributed by atoms with E-state index in [4.69, 9.17) is 14.2 Å². The van der Waals surface area contributed by atoms with Gasteiger partial charge in [-0.3, -0.25) is 4.98 Å². The van der Waals surface area contributed by atoms with Crippen LogP contribution in [0.3, 0.4) is 0 Å². The number of nitrogens with zero attached hydrogens (tertiary/aromatic N) is 3. The van der Waals surface area contributed by atoms with Gasteiger partial charge in [0.1, 0.15) is 22.9 Å². The standard InChI is InChI=1S/C22H22N4O2/c1-11-15(6-5-9-23-11)19-20-17(24-22(25-20)14-7-8-14)10-16(21(19)27-4)18-12(2)26-28-13(18)3/h5-6,9-10,14H,7-8H2,1-4H3,(H,24,25). The zero-order valence-electron chi connectivity index (χ0n) is 16.5. The average Bonchev–Trinajstić information content (AvgIpc) is 3.37. The van der Waals surface area contributed by atoms with E-state index in [0.717, 1.165) is 62.0 Å². The van der Waals surface area contributed by atoms with Gasteiger partial charge in [0.2, 0.25) is 0 Å². The summed E-state index contributed by atoms with van der Waals surface area (Å²) in [6.45, 7) is 5.89. The summed E-state index contributed by atoms with van der Waals surface area (Å²) in [7, 11) is 1.70. The Labute approximate surface area is 163 Å². The highest BCUT2D eigenvalue weighted by Gasteiger charge is 2.30. The quantitative estimate of drug-likeness (QED) is 0.538. The van der Waals surface area contributed by atoms with Gasteiger partial charge in [0.15, 0.2) is 0 Å². The first-order chi connectivity index (χ1) is 13.6. The molecule has 0 atom stereocenters. The molecule has 0 unspecified atom stereocenters. The van der Waals surface area contributed by atoms with Crippen LogP contribution in [0.1, 0.15) is 41.7 Å². The van der Waals surface area contributed by atoms with E-state index in [1.165, 1.54) is 12.8 Å². The van der Waals surface area contributed by atoms with Crippen molar-refractivity contribution < 1.29 is 9.26 Å². The number of nitrogens with one attached hydrogen (secondary N) is 1. The van der Waals surface area contributed by atoms with Gasteiger partial charge in [-0.25, -0.2) is 4.98 Å². The topological polar surface area (TPSA) is 76.8 Å². The number of H-pyrrole nitrogens is 1. The molecule has 1 aliphatic rings. The van der Waals surface area contributed by atoms with Crippen molar-refractivity contribution in [2.45, 2.75) is 39.5 Å². The van der Waals surface area contributed by atoms with Crippen molar-refractivity contribution in [2.24, 2.45) is 0 Å². The number of methoxy groups -OCH3 is 1. The van der Waals surface area contributed by atoms with Gasteiger partial charge in [-0.2, -0.15) is 0 Å². The normalized spacial score (nSPS) is 14.0. The largest absolute Gasteiger partial charge is 0.495 e. The maximum atomic E-state index is 5.96. The molecule has 0 bridgehead atoms. The van der Waals surface area contributed by atoms with Crippen LogP contribution in [-0.4, -0.2) is 27.2 Å². The van der Waals surface area contributed by atoms with E-state index in [0.29, 0.717) is 5.92 Å².